The van der Waals surface area contributed by atoms with Crippen LogP contribution in [0, 0.1) is 12.8 Å². The zero-order valence-corrected chi connectivity index (χ0v) is 12.9. The first-order chi connectivity index (χ1) is 9.40. The van der Waals surface area contributed by atoms with Gasteiger partial charge in [0.15, 0.2) is 0 Å². The van der Waals surface area contributed by atoms with Crippen LogP contribution in [-0.2, 0) is 15.3 Å². The van der Waals surface area contributed by atoms with Crippen LogP contribution in [-0.4, -0.2) is 28.8 Å². The lowest BCUT2D eigenvalue weighted by atomic mass is 10.1. The predicted molar refractivity (Wildman–Crippen MR) is 81.7 cm³/mol. The molecule has 0 saturated heterocycles. The van der Waals surface area contributed by atoms with E-state index in [9.17, 15) is 9.59 Å². The molecule has 0 unspecified atom stereocenters. The van der Waals surface area contributed by atoms with E-state index < -0.39 is 12.0 Å². The highest BCUT2D eigenvalue weighted by atomic mass is 32.2. The van der Waals surface area contributed by atoms with Crippen LogP contribution in [0.15, 0.2) is 24.3 Å². The third-order valence-corrected chi connectivity index (χ3v) is 3.88. The number of carbonyl (C=O) groups is 2. The van der Waals surface area contributed by atoms with Crippen LogP contribution in [0.2, 0.25) is 0 Å². The molecular formula is C15H21NO3S. The van der Waals surface area contributed by atoms with Crippen molar-refractivity contribution in [2.75, 3.05) is 5.75 Å². The van der Waals surface area contributed by atoms with Gasteiger partial charge < -0.3 is 10.4 Å². The van der Waals surface area contributed by atoms with Gasteiger partial charge in [0.25, 0.3) is 0 Å². The molecule has 0 heterocycles. The monoisotopic (exact) mass is 295 g/mol. The van der Waals surface area contributed by atoms with E-state index in [1.165, 1.54) is 17.3 Å². The van der Waals surface area contributed by atoms with Crippen molar-refractivity contribution in [2.24, 2.45) is 5.92 Å². The maximum Gasteiger partial charge on any atom is 0.326 e. The largest absolute Gasteiger partial charge is 0.480 e. The van der Waals surface area contributed by atoms with Crippen molar-refractivity contribution in [1.29, 1.82) is 0 Å². The third kappa shape index (κ3) is 5.65. The molecule has 1 aromatic carbocycles. The SMILES string of the molecule is Cc1ccc(CSCC(=O)N[C@H](C(=O)O)C(C)C)cc1. The Morgan fingerprint density at radius 2 is 1.85 bits per heavy atom. The molecule has 20 heavy (non-hydrogen) atoms. The van der Waals surface area contributed by atoms with Crippen molar-refractivity contribution >= 4 is 23.6 Å². The van der Waals surface area contributed by atoms with Gasteiger partial charge in [0, 0.05) is 5.75 Å². The zero-order chi connectivity index (χ0) is 15.1. The minimum atomic E-state index is -0.989. The summed E-state index contributed by atoms with van der Waals surface area (Å²) in [6, 6.07) is 7.33. The number of benzene rings is 1. The van der Waals surface area contributed by atoms with Crippen LogP contribution in [0.1, 0.15) is 25.0 Å². The Hall–Kier alpha value is -1.49. The second kappa shape index (κ2) is 7.94. The molecule has 0 fully saturated rings. The highest BCUT2D eigenvalue weighted by Crippen LogP contribution is 2.13. The summed E-state index contributed by atoms with van der Waals surface area (Å²) in [4.78, 5) is 22.7. The molecule has 0 aromatic heterocycles. The van der Waals surface area contributed by atoms with Crippen molar-refractivity contribution in [1.82, 2.24) is 5.32 Å². The van der Waals surface area contributed by atoms with Crippen LogP contribution in [0.5, 0.6) is 0 Å². The normalized spacial score (nSPS) is 12.2. The number of nitrogens with one attached hydrogen (secondary N) is 1. The van der Waals surface area contributed by atoms with Crippen LogP contribution < -0.4 is 5.32 Å². The van der Waals surface area contributed by atoms with Gasteiger partial charge in [-0.25, -0.2) is 4.79 Å². The number of aliphatic carboxylic acids is 1. The van der Waals surface area contributed by atoms with Gasteiger partial charge in [-0.2, -0.15) is 0 Å². The van der Waals surface area contributed by atoms with Crippen molar-refractivity contribution in [3.63, 3.8) is 0 Å². The van der Waals surface area contributed by atoms with Gasteiger partial charge in [0.2, 0.25) is 5.91 Å². The topological polar surface area (TPSA) is 66.4 Å². The van der Waals surface area contributed by atoms with Crippen molar-refractivity contribution in [3.8, 4) is 0 Å². The van der Waals surface area contributed by atoms with Gasteiger partial charge >= 0.3 is 5.97 Å². The number of carbonyl (C=O) groups excluding carboxylic acids is 1. The molecule has 0 aliphatic carbocycles. The van der Waals surface area contributed by atoms with E-state index in [4.69, 9.17) is 5.11 Å². The van der Waals surface area contributed by atoms with Gasteiger partial charge in [-0.05, 0) is 18.4 Å². The lowest BCUT2D eigenvalue weighted by molar-refractivity contribution is -0.142. The predicted octanol–water partition coefficient (Wildman–Crippen LogP) is 2.45. The Balaban J connectivity index is 2.36. The number of rotatable bonds is 7. The van der Waals surface area contributed by atoms with Gasteiger partial charge in [-0.3, -0.25) is 4.79 Å². The molecule has 4 nitrogen and oxygen atoms in total. The number of hydrogen-bond donors (Lipinski definition) is 2. The highest BCUT2D eigenvalue weighted by molar-refractivity contribution is 7.99. The van der Waals surface area contributed by atoms with E-state index in [-0.39, 0.29) is 17.6 Å². The van der Waals surface area contributed by atoms with Crippen molar-refractivity contribution < 1.29 is 14.7 Å². The number of hydrogen-bond acceptors (Lipinski definition) is 3. The molecule has 0 radical (unpaired) electrons. The molecule has 1 rings (SSSR count). The third-order valence-electron chi connectivity index (χ3n) is 2.87. The maximum atomic E-state index is 11.7. The van der Waals surface area contributed by atoms with E-state index in [1.54, 1.807) is 13.8 Å². The molecule has 0 spiro atoms. The van der Waals surface area contributed by atoms with Gasteiger partial charge in [0.1, 0.15) is 6.04 Å². The fourth-order valence-corrected chi connectivity index (χ4v) is 2.47. The maximum absolute atomic E-state index is 11.7. The molecule has 110 valence electrons. The van der Waals surface area contributed by atoms with Crippen LogP contribution in [0.25, 0.3) is 0 Å². The van der Waals surface area contributed by atoms with Crippen LogP contribution >= 0.6 is 11.8 Å². The first-order valence-corrected chi connectivity index (χ1v) is 7.71. The van der Waals surface area contributed by atoms with E-state index in [2.05, 4.69) is 5.32 Å². The standard InChI is InChI=1S/C15H21NO3S/c1-10(2)14(15(18)19)16-13(17)9-20-8-12-6-4-11(3)5-7-12/h4-7,10,14H,8-9H2,1-3H3,(H,16,17)(H,18,19)/t14-/m0/s1. The summed E-state index contributed by atoms with van der Waals surface area (Å²) in [5.41, 5.74) is 2.37. The fourth-order valence-electron chi connectivity index (χ4n) is 1.67. The zero-order valence-electron chi connectivity index (χ0n) is 12.1. The molecular weight excluding hydrogens is 274 g/mol. The summed E-state index contributed by atoms with van der Waals surface area (Å²) in [5, 5.41) is 11.6. The Morgan fingerprint density at radius 1 is 1.25 bits per heavy atom. The second-order valence-electron chi connectivity index (χ2n) is 5.11. The minimum absolute atomic E-state index is 0.126. The Bertz CT molecular complexity index is 457. The van der Waals surface area contributed by atoms with E-state index in [0.717, 1.165) is 11.3 Å². The number of carboxylic acids is 1. The van der Waals surface area contributed by atoms with Crippen LogP contribution in [0.4, 0.5) is 0 Å². The molecule has 0 bridgehead atoms. The first-order valence-electron chi connectivity index (χ1n) is 6.55. The first kappa shape index (κ1) is 16.6. The number of thioether (sulfide) groups is 1. The molecule has 1 atom stereocenters. The average molecular weight is 295 g/mol. The summed E-state index contributed by atoms with van der Waals surface area (Å²) >= 11 is 1.48. The van der Waals surface area contributed by atoms with Crippen LogP contribution in [0.3, 0.4) is 0 Å². The lowest BCUT2D eigenvalue weighted by Gasteiger charge is -2.17. The van der Waals surface area contributed by atoms with Gasteiger partial charge in [-0.1, -0.05) is 43.7 Å². The summed E-state index contributed by atoms with van der Waals surface area (Å²) in [7, 11) is 0. The highest BCUT2D eigenvalue weighted by Gasteiger charge is 2.22. The number of amides is 1. The van der Waals surface area contributed by atoms with Gasteiger partial charge in [0.05, 0.1) is 5.75 Å². The number of carboxylic acid groups (broad SMARTS) is 1. The Morgan fingerprint density at radius 3 is 2.35 bits per heavy atom. The average Bonchev–Trinajstić information content (AvgIpc) is 2.37. The quantitative estimate of drug-likeness (QED) is 0.811. The minimum Gasteiger partial charge on any atom is -0.480 e. The van der Waals surface area contributed by atoms with E-state index in [1.807, 2.05) is 31.2 Å². The van der Waals surface area contributed by atoms with Gasteiger partial charge in [-0.15, -0.1) is 11.8 Å². The smallest absolute Gasteiger partial charge is 0.326 e. The summed E-state index contributed by atoms with van der Waals surface area (Å²) in [6.45, 7) is 5.58. The summed E-state index contributed by atoms with van der Waals surface area (Å²) in [5.74, 6) is -0.337. The van der Waals surface area contributed by atoms with E-state index in [0.29, 0.717) is 0 Å². The van der Waals surface area contributed by atoms with Crippen molar-refractivity contribution in [2.45, 2.75) is 32.6 Å². The van der Waals surface area contributed by atoms with Crippen molar-refractivity contribution in [3.05, 3.63) is 35.4 Å². The fraction of sp³-hybridized carbons (Fsp3) is 0.467. The lowest BCUT2D eigenvalue weighted by Crippen LogP contribution is -2.45. The summed E-state index contributed by atoms with van der Waals surface area (Å²) < 4.78 is 0. The number of aryl methyl sites for hydroxylation is 1. The molecule has 5 heteroatoms. The Kier molecular flexibility index (Phi) is 6.58. The van der Waals surface area contributed by atoms with E-state index >= 15 is 0 Å². The molecule has 1 aromatic rings. The molecule has 1 amide bonds. The molecule has 0 aliphatic rings. The molecule has 0 aliphatic heterocycles. The molecule has 2 N–H and O–H groups in total. The Labute approximate surface area is 124 Å². The second-order valence-corrected chi connectivity index (χ2v) is 6.09. The molecule has 0 saturated carbocycles. The summed E-state index contributed by atoms with van der Waals surface area (Å²) in [6.07, 6.45) is 0.